The first-order chi connectivity index (χ1) is 14.3. The predicted molar refractivity (Wildman–Crippen MR) is 111 cm³/mol. The number of rotatable bonds is 6. The van der Waals surface area contributed by atoms with Gasteiger partial charge in [-0.2, -0.15) is 0 Å². The topological polar surface area (TPSA) is 152 Å². The molecule has 4 N–H and O–H groups in total. The molecule has 0 saturated carbocycles. The van der Waals surface area contributed by atoms with Crippen LogP contribution in [0.1, 0.15) is 27.7 Å². The Balaban J connectivity index is 0.000000752. The van der Waals surface area contributed by atoms with E-state index in [1.54, 1.807) is 0 Å². The third-order valence-corrected chi connectivity index (χ3v) is 4.60. The average Bonchev–Trinajstić information content (AvgIpc) is 2.75. The van der Waals surface area contributed by atoms with Crippen LogP contribution in [0.2, 0.25) is 0 Å². The van der Waals surface area contributed by atoms with Gasteiger partial charge in [0.2, 0.25) is 0 Å². The zero-order valence-corrected chi connectivity index (χ0v) is 18.7. The number of aliphatic carboxylic acids is 2. The van der Waals surface area contributed by atoms with E-state index in [1.165, 1.54) is 0 Å². The molecular formula is C21H36O10. The van der Waals surface area contributed by atoms with Gasteiger partial charge in [0, 0.05) is 23.0 Å². The summed E-state index contributed by atoms with van der Waals surface area (Å²) < 4.78 is 23.1. The average molecular weight is 449 g/mol. The Kier molecular flexibility index (Phi) is 12.1. The van der Waals surface area contributed by atoms with Gasteiger partial charge in [-0.25, -0.2) is 9.59 Å². The third-order valence-electron chi connectivity index (χ3n) is 4.60. The monoisotopic (exact) mass is 448 g/mol. The van der Waals surface area contributed by atoms with E-state index in [0.717, 1.165) is 12.2 Å². The number of carbonyl (C=O) groups is 2. The molecule has 10 heteroatoms. The Morgan fingerprint density at radius 2 is 1.03 bits per heavy atom. The second-order valence-electron chi connectivity index (χ2n) is 8.79. The Morgan fingerprint density at radius 1 is 0.806 bits per heavy atom. The normalized spacial score (nSPS) is 25.9. The summed E-state index contributed by atoms with van der Waals surface area (Å²) in [5.74, 6) is -1.96. The summed E-state index contributed by atoms with van der Waals surface area (Å²) in [7, 11) is 0. The van der Waals surface area contributed by atoms with E-state index in [2.05, 4.69) is 13.2 Å². The summed E-state index contributed by atoms with van der Waals surface area (Å²) in [5.41, 5.74) is -1.16. The number of aliphatic hydroxyl groups is 2. The molecule has 0 radical (unpaired) electrons. The summed E-state index contributed by atoms with van der Waals surface area (Å²) in [5, 5.41) is 33.9. The van der Waals surface area contributed by atoms with Crippen molar-refractivity contribution in [3.8, 4) is 0 Å². The van der Waals surface area contributed by atoms with Crippen LogP contribution in [0, 0.1) is 16.2 Å². The number of carboxylic acids is 2. The lowest BCUT2D eigenvalue weighted by atomic mass is 9.86. The van der Waals surface area contributed by atoms with Gasteiger partial charge in [0.1, 0.15) is 0 Å². The lowest BCUT2D eigenvalue weighted by molar-refractivity contribution is -0.337. The molecule has 0 amide bonds. The fourth-order valence-electron chi connectivity index (χ4n) is 2.41. The van der Waals surface area contributed by atoms with Gasteiger partial charge in [-0.3, -0.25) is 0 Å². The quantitative estimate of drug-likeness (QED) is 0.437. The third kappa shape index (κ3) is 9.90. The van der Waals surface area contributed by atoms with Gasteiger partial charge in [0.05, 0.1) is 45.1 Å². The van der Waals surface area contributed by atoms with Crippen molar-refractivity contribution >= 4 is 11.9 Å². The Hall–Kier alpha value is -1.82. The summed E-state index contributed by atoms with van der Waals surface area (Å²) >= 11 is 0. The highest BCUT2D eigenvalue weighted by Gasteiger charge is 2.47. The van der Waals surface area contributed by atoms with E-state index in [4.69, 9.17) is 29.2 Å². The molecule has 0 aromatic heterocycles. The molecule has 1 spiro atoms. The highest BCUT2D eigenvalue weighted by atomic mass is 16.7. The van der Waals surface area contributed by atoms with E-state index >= 15 is 0 Å². The molecule has 180 valence electrons. The molecule has 0 atom stereocenters. The highest BCUT2D eigenvalue weighted by Crippen LogP contribution is 2.37. The summed E-state index contributed by atoms with van der Waals surface area (Å²) in [6.45, 7) is 15.5. The van der Waals surface area contributed by atoms with E-state index < -0.39 is 35.3 Å². The van der Waals surface area contributed by atoms with Crippen molar-refractivity contribution in [3.05, 3.63) is 25.3 Å². The van der Waals surface area contributed by atoms with Crippen LogP contribution in [0.4, 0.5) is 0 Å². The molecule has 2 saturated heterocycles. The van der Waals surface area contributed by atoms with Gasteiger partial charge in [-0.15, -0.1) is 0 Å². The molecule has 2 fully saturated rings. The predicted octanol–water partition coefficient (Wildman–Crippen LogP) is 1.27. The first-order valence-corrected chi connectivity index (χ1v) is 9.68. The van der Waals surface area contributed by atoms with Gasteiger partial charge >= 0.3 is 11.9 Å². The summed E-state index contributed by atoms with van der Waals surface area (Å²) in [6.07, 6.45) is 0.833. The zero-order chi connectivity index (χ0) is 24.3. The molecule has 2 heterocycles. The molecule has 2 aliphatic heterocycles. The minimum Gasteiger partial charge on any atom is -0.478 e. The maximum atomic E-state index is 9.37. The molecule has 2 aliphatic rings. The van der Waals surface area contributed by atoms with Crippen LogP contribution in [0.3, 0.4) is 0 Å². The lowest BCUT2D eigenvalue weighted by Crippen LogP contribution is -2.56. The Labute approximate surface area is 183 Å². The van der Waals surface area contributed by atoms with Crippen molar-refractivity contribution < 1.29 is 49.0 Å². The maximum absolute atomic E-state index is 9.37. The fourth-order valence-corrected chi connectivity index (χ4v) is 2.41. The number of hydrogen-bond acceptors (Lipinski definition) is 8. The van der Waals surface area contributed by atoms with Crippen molar-refractivity contribution in [1.82, 2.24) is 0 Å². The molecular weight excluding hydrogens is 412 g/mol. The van der Waals surface area contributed by atoms with Crippen molar-refractivity contribution in [3.63, 3.8) is 0 Å². The van der Waals surface area contributed by atoms with Crippen molar-refractivity contribution in [2.45, 2.75) is 40.3 Å². The molecule has 2 rings (SSSR count). The van der Waals surface area contributed by atoms with E-state index in [0.29, 0.717) is 26.4 Å². The molecule has 0 aromatic carbocycles. The standard InChI is InChI=1S/C15H28O6.2C3H4O2/c1-13(2,5-16)11-18-7-15(8-19-11)9-20-12(21-10-15)14(3,4)6-17;2*1-2-3(4)5/h11-12,16-17H,5-10H2,1-4H3;2*2H,1H2,(H,4,5). The lowest BCUT2D eigenvalue weighted by Gasteiger charge is -2.48. The van der Waals surface area contributed by atoms with Gasteiger partial charge in [0.15, 0.2) is 12.6 Å². The number of hydrogen-bond donors (Lipinski definition) is 4. The molecule has 0 aromatic rings. The second-order valence-corrected chi connectivity index (χ2v) is 8.79. The van der Waals surface area contributed by atoms with Gasteiger partial charge in [0.25, 0.3) is 0 Å². The summed E-state index contributed by atoms with van der Waals surface area (Å²) in [4.78, 5) is 18.5. The van der Waals surface area contributed by atoms with E-state index in [9.17, 15) is 19.8 Å². The molecule has 0 unspecified atom stereocenters. The van der Waals surface area contributed by atoms with Gasteiger partial charge in [-0.1, -0.05) is 40.9 Å². The second kappa shape index (κ2) is 12.9. The van der Waals surface area contributed by atoms with Crippen molar-refractivity contribution in [2.75, 3.05) is 39.6 Å². The van der Waals surface area contributed by atoms with Crippen LogP contribution in [0.5, 0.6) is 0 Å². The first-order valence-electron chi connectivity index (χ1n) is 9.68. The smallest absolute Gasteiger partial charge is 0.327 e. The number of carboxylic acid groups (broad SMARTS) is 2. The van der Waals surface area contributed by atoms with Crippen molar-refractivity contribution in [1.29, 1.82) is 0 Å². The van der Waals surface area contributed by atoms with Crippen LogP contribution in [0.25, 0.3) is 0 Å². The zero-order valence-electron chi connectivity index (χ0n) is 18.7. The van der Waals surface area contributed by atoms with E-state index in [1.807, 2.05) is 27.7 Å². The van der Waals surface area contributed by atoms with E-state index in [-0.39, 0.29) is 18.6 Å². The first kappa shape index (κ1) is 29.2. The van der Waals surface area contributed by atoms with Crippen LogP contribution in [0.15, 0.2) is 25.3 Å². The highest BCUT2D eigenvalue weighted by molar-refractivity contribution is 5.79. The minimum absolute atomic E-state index is 0.00440. The van der Waals surface area contributed by atoms with Crippen LogP contribution < -0.4 is 0 Å². The number of ether oxygens (including phenoxy) is 4. The van der Waals surface area contributed by atoms with Gasteiger partial charge in [-0.05, 0) is 0 Å². The SMILES string of the molecule is C=CC(=O)O.C=CC(=O)O.CC(C)(CO)C1OCC2(CO1)COC(C(C)(C)CO)OC2. The molecule has 10 nitrogen and oxygen atoms in total. The summed E-state index contributed by atoms with van der Waals surface area (Å²) in [6, 6.07) is 0. The molecule has 31 heavy (non-hydrogen) atoms. The van der Waals surface area contributed by atoms with Crippen LogP contribution in [-0.4, -0.2) is 84.6 Å². The maximum Gasteiger partial charge on any atom is 0.327 e. The van der Waals surface area contributed by atoms with Crippen LogP contribution >= 0.6 is 0 Å². The number of aliphatic hydroxyl groups excluding tert-OH is 2. The van der Waals surface area contributed by atoms with Crippen LogP contribution in [-0.2, 0) is 28.5 Å². The largest absolute Gasteiger partial charge is 0.478 e. The molecule has 0 aliphatic carbocycles. The van der Waals surface area contributed by atoms with Gasteiger partial charge < -0.3 is 39.4 Å². The molecule has 0 bridgehead atoms. The Morgan fingerprint density at radius 3 is 1.19 bits per heavy atom. The fraction of sp³-hybridized carbons (Fsp3) is 0.714. The minimum atomic E-state index is -0.981. The van der Waals surface area contributed by atoms with Crippen molar-refractivity contribution in [2.24, 2.45) is 16.2 Å². The Bertz CT molecular complexity index is 527.